The second kappa shape index (κ2) is 9.71. The summed E-state index contributed by atoms with van der Waals surface area (Å²) in [6, 6.07) is -0.180. The molecule has 1 aliphatic rings. The van der Waals surface area contributed by atoms with Crippen molar-refractivity contribution in [2.45, 2.75) is 25.3 Å². The quantitative estimate of drug-likeness (QED) is 0.587. The predicted octanol–water partition coefficient (Wildman–Crippen LogP) is 0.470. The van der Waals surface area contributed by atoms with Crippen molar-refractivity contribution in [3.05, 3.63) is 25.3 Å². The number of likely N-dealkylation sites (tertiary alicyclic amines) is 1. The highest BCUT2D eigenvalue weighted by Gasteiger charge is 2.30. The van der Waals surface area contributed by atoms with E-state index in [1.807, 2.05) is 0 Å². The molecule has 0 aromatic carbocycles. The summed E-state index contributed by atoms with van der Waals surface area (Å²) in [5.41, 5.74) is 5.34. The topological polar surface area (TPSA) is 121 Å². The van der Waals surface area contributed by atoms with Crippen LogP contribution in [0.2, 0.25) is 0 Å². The number of carboxylic acid groups (broad SMARTS) is 2. The van der Waals surface area contributed by atoms with E-state index < -0.39 is 11.9 Å². The fraction of sp³-hybridized carbons (Fsp3) is 0.500. The van der Waals surface area contributed by atoms with Crippen molar-refractivity contribution < 1.29 is 24.6 Å². The Hall–Kier alpha value is -2.15. The summed E-state index contributed by atoms with van der Waals surface area (Å²) in [5, 5.41) is 16.6. The summed E-state index contributed by atoms with van der Waals surface area (Å²) in [6.45, 7) is 7.27. The van der Waals surface area contributed by atoms with E-state index in [0.717, 1.165) is 0 Å². The predicted molar refractivity (Wildman–Crippen MR) is 77.6 cm³/mol. The van der Waals surface area contributed by atoms with Gasteiger partial charge in [-0.05, 0) is 12.8 Å². The fourth-order valence-corrected chi connectivity index (χ4v) is 1.71. The lowest BCUT2D eigenvalue weighted by atomic mass is 10.1. The lowest BCUT2D eigenvalue weighted by Gasteiger charge is -2.11. The molecular weight excluding hydrogens is 276 g/mol. The van der Waals surface area contributed by atoms with Crippen LogP contribution in [0.5, 0.6) is 0 Å². The normalized spacial score (nSPS) is 18.4. The Labute approximate surface area is 123 Å². The van der Waals surface area contributed by atoms with Crippen LogP contribution < -0.4 is 5.73 Å². The van der Waals surface area contributed by atoms with Crippen LogP contribution in [-0.2, 0) is 14.4 Å². The maximum atomic E-state index is 11.3. The first-order valence-electron chi connectivity index (χ1n) is 6.54. The maximum absolute atomic E-state index is 11.3. The second-order valence-corrected chi connectivity index (χ2v) is 4.62. The molecule has 1 heterocycles. The van der Waals surface area contributed by atoms with Gasteiger partial charge in [0.1, 0.15) is 6.54 Å². The van der Waals surface area contributed by atoms with Crippen molar-refractivity contribution in [3.8, 4) is 0 Å². The third-order valence-corrected chi connectivity index (χ3v) is 2.94. The van der Waals surface area contributed by atoms with E-state index in [4.69, 9.17) is 15.9 Å². The number of carbonyl (C=O) groups is 3. The first-order chi connectivity index (χ1) is 9.81. The summed E-state index contributed by atoms with van der Waals surface area (Å²) < 4.78 is 0. The molecule has 4 N–H and O–H groups in total. The summed E-state index contributed by atoms with van der Waals surface area (Å²) in [6.07, 6.45) is 4.40. The number of hydrogen-bond donors (Lipinski definition) is 3. The first-order valence-corrected chi connectivity index (χ1v) is 6.54. The van der Waals surface area contributed by atoms with Crippen molar-refractivity contribution in [2.75, 3.05) is 13.1 Å². The minimum absolute atomic E-state index is 0.118. The average Bonchev–Trinajstić information content (AvgIpc) is 2.77. The van der Waals surface area contributed by atoms with Crippen LogP contribution in [-0.4, -0.2) is 52.1 Å². The zero-order valence-electron chi connectivity index (χ0n) is 11.9. The van der Waals surface area contributed by atoms with Crippen molar-refractivity contribution in [1.29, 1.82) is 0 Å². The van der Waals surface area contributed by atoms with Gasteiger partial charge in [0.2, 0.25) is 5.91 Å². The van der Waals surface area contributed by atoms with Crippen LogP contribution in [0.15, 0.2) is 25.3 Å². The molecule has 0 spiro atoms. The Morgan fingerprint density at radius 1 is 1.38 bits per heavy atom. The van der Waals surface area contributed by atoms with Crippen LogP contribution in [0, 0.1) is 5.92 Å². The highest BCUT2D eigenvalue weighted by atomic mass is 16.4. The molecule has 1 amide bonds. The van der Waals surface area contributed by atoms with Crippen molar-refractivity contribution in [3.63, 3.8) is 0 Å². The molecule has 21 heavy (non-hydrogen) atoms. The molecule has 7 heteroatoms. The Morgan fingerprint density at radius 3 is 2.38 bits per heavy atom. The number of carbonyl (C=O) groups excluding carboxylic acids is 1. The van der Waals surface area contributed by atoms with Crippen LogP contribution in [0.25, 0.3) is 0 Å². The number of carboxylic acids is 2. The standard InChI is InChI=1S/C8H11NO3.C6H11NO2/c1-2-6-3-4-9(8(6)12)5-7(10)11;1-2-5(7)3-4-6(8)9/h2,6H,1,3-5H2,(H,10,11);2,5H,1,3-4,7H2,(H,8,9). The van der Waals surface area contributed by atoms with Gasteiger partial charge < -0.3 is 20.8 Å². The van der Waals surface area contributed by atoms with Gasteiger partial charge in [-0.1, -0.05) is 12.2 Å². The first kappa shape index (κ1) is 18.9. The zero-order chi connectivity index (χ0) is 16.4. The minimum Gasteiger partial charge on any atom is -0.481 e. The van der Waals surface area contributed by atoms with Crippen molar-refractivity contribution >= 4 is 17.8 Å². The lowest BCUT2D eigenvalue weighted by molar-refractivity contribution is -0.143. The molecule has 118 valence electrons. The molecule has 0 aliphatic carbocycles. The maximum Gasteiger partial charge on any atom is 0.323 e. The highest BCUT2D eigenvalue weighted by molar-refractivity contribution is 5.85. The van der Waals surface area contributed by atoms with Crippen LogP contribution in [0.3, 0.4) is 0 Å². The Bertz CT molecular complexity index is 408. The van der Waals surface area contributed by atoms with E-state index in [1.54, 1.807) is 12.2 Å². The number of amides is 1. The van der Waals surface area contributed by atoms with E-state index in [9.17, 15) is 14.4 Å². The monoisotopic (exact) mass is 298 g/mol. The summed E-state index contributed by atoms with van der Waals surface area (Å²) in [5.74, 6) is -2.07. The Kier molecular flexibility index (Phi) is 8.71. The zero-order valence-corrected chi connectivity index (χ0v) is 11.9. The summed E-state index contributed by atoms with van der Waals surface area (Å²) in [7, 11) is 0. The molecule has 7 nitrogen and oxygen atoms in total. The van der Waals surface area contributed by atoms with Gasteiger partial charge in [-0.2, -0.15) is 0 Å². The summed E-state index contributed by atoms with van der Waals surface area (Å²) >= 11 is 0. The molecule has 0 aromatic heterocycles. The molecule has 2 atom stereocenters. The van der Waals surface area contributed by atoms with Crippen molar-refractivity contribution in [2.24, 2.45) is 11.7 Å². The van der Waals surface area contributed by atoms with Crippen molar-refractivity contribution in [1.82, 2.24) is 4.90 Å². The van der Waals surface area contributed by atoms with Gasteiger partial charge in [0.25, 0.3) is 0 Å². The van der Waals surface area contributed by atoms with E-state index in [0.29, 0.717) is 19.4 Å². The molecule has 0 bridgehead atoms. The van der Waals surface area contributed by atoms with E-state index in [-0.39, 0.29) is 30.8 Å². The van der Waals surface area contributed by atoms with Gasteiger partial charge in [-0.25, -0.2) is 0 Å². The molecular formula is C14H22N2O5. The molecule has 1 aliphatic heterocycles. The number of nitrogens with two attached hydrogens (primary N) is 1. The SMILES string of the molecule is C=CC(N)CCC(=O)O.C=CC1CCN(CC(=O)O)C1=O. The highest BCUT2D eigenvalue weighted by Crippen LogP contribution is 2.17. The third kappa shape index (κ3) is 7.88. The largest absolute Gasteiger partial charge is 0.481 e. The van der Waals surface area contributed by atoms with E-state index in [1.165, 1.54) is 4.90 Å². The van der Waals surface area contributed by atoms with Crippen LogP contribution in [0.1, 0.15) is 19.3 Å². The Balaban J connectivity index is 0.000000400. The van der Waals surface area contributed by atoms with Crippen LogP contribution in [0.4, 0.5) is 0 Å². The number of hydrogen-bond acceptors (Lipinski definition) is 4. The molecule has 0 saturated carbocycles. The van der Waals surface area contributed by atoms with Gasteiger partial charge >= 0.3 is 11.9 Å². The van der Waals surface area contributed by atoms with Gasteiger partial charge in [-0.3, -0.25) is 14.4 Å². The Morgan fingerprint density at radius 2 is 2.00 bits per heavy atom. The van der Waals surface area contributed by atoms with Gasteiger partial charge in [0.15, 0.2) is 0 Å². The molecule has 1 saturated heterocycles. The van der Waals surface area contributed by atoms with E-state index in [2.05, 4.69) is 13.2 Å². The second-order valence-electron chi connectivity index (χ2n) is 4.62. The number of nitrogens with zero attached hydrogens (tertiary/aromatic N) is 1. The number of aliphatic carboxylic acids is 2. The average molecular weight is 298 g/mol. The van der Waals surface area contributed by atoms with Gasteiger partial charge in [0.05, 0.1) is 5.92 Å². The lowest BCUT2D eigenvalue weighted by Crippen LogP contribution is -2.32. The molecule has 0 aromatic rings. The van der Waals surface area contributed by atoms with Gasteiger partial charge in [0, 0.05) is 19.0 Å². The van der Waals surface area contributed by atoms with Crippen LogP contribution >= 0.6 is 0 Å². The molecule has 0 radical (unpaired) electrons. The molecule has 2 unspecified atom stereocenters. The summed E-state index contributed by atoms with van der Waals surface area (Å²) in [4.78, 5) is 32.8. The van der Waals surface area contributed by atoms with E-state index >= 15 is 0 Å². The molecule has 1 fully saturated rings. The minimum atomic E-state index is -0.965. The smallest absolute Gasteiger partial charge is 0.323 e. The molecule has 1 rings (SSSR count). The third-order valence-electron chi connectivity index (χ3n) is 2.94. The fourth-order valence-electron chi connectivity index (χ4n) is 1.71. The van der Waals surface area contributed by atoms with Gasteiger partial charge in [-0.15, -0.1) is 13.2 Å². The number of rotatable bonds is 7.